The summed E-state index contributed by atoms with van der Waals surface area (Å²) >= 11 is 0. The monoisotopic (exact) mass is 397 g/mol. The van der Waals surface area contributed by atoms with Gasteiger partial charge in [0.2, 0.25) is 5.91 Å². The first-order chi connectivity index (χ1) is 13.9. The van der Waals surface area contributed by atoms with Crippen LogP contribution < -0.4 is 20.3 Å². The third kappa shape index (κ3) is 5.95. The van der Waals surface area contributed by atoms with E-state index in [0.717, 1.165) is 29.1 Å². The molecule has 1 amide bonds. The van der Waals surface area contributed by atoms with Gasteiger partial charge < -0.3 is 25.4 Å². The minimum atomic E-state index is -0.259. The van der Waals surface area contributed by atoms with Crippen LogP contribution in [0.1, 0.15) is 30.5 Å². The van der Waals surface area contributed by atoms with E-state index in [2.05, 4.69) is 48.7 Å². The molecule has 3 rings (SSSR count). The molecule has 6 nitrogen and oxygen atoms in total. The molecule has 2 aromatic carbocycles. The van der Waals surface area contributed by atoms with Gasteiger partial charge in [0.25, 0.3) is 0 Å². The van der Waals surface area contributed by atoms with Gasteiger partial charge in [0.05, 0.1) is 19.2 Å². The largest absolute Gasteiger partial charge is 0.489 e. The molecule has 0 saturated heterocycles. The summed E-state index contributed by atoms with van der Waals surface area (Å²) in [5.74, 6) is 0.679. The van der Waals surface area contributed by atoms with Crippen molar-refractivity contribution in [3.05, 3.63) is 59.2 Å². The number of carbonyl (C=O) groups is 1. The number of anilines is 1. The van der Waals surface area contributed by atoms with E-state index in [9.17, 15) is 9.90 Å². The Bertz CT molecular complexity index is 821. The van der Waals surface area contributed by atoms with Gasteiger partial charge in [-0.1, -0.05) is 44.2 Å². The van der Waals surface area contributed by atoms with Crippen molar-refractivity contribution in [3.63, 3.8) is 0 Å². The third-order valence-corrected chi connectivity index (χ3v) is 5.04. The Morgan fingerprint density at radius 2 is 1.93 bits per heavy atom. The molecule has 0 aromatic heterocycles. The molecule has 6 heteroatoms. The highest BCUT2D eigenvalue weighted by atomic mass is 16.5. The van der Waals surface area contributed by atoms with E-state index in [1.54, 1.807) is 0 Å². The van der Waals surface area contributed by atoms with Crippen LogP contribution in [-0.2, 0) is 24.4 Å². The minimum absolute atomic E-state index is 0.0736. The molecule has 1 aliphatic rings. The highest BCUT2D eigenvalue weighted by Crippen LogP contribution is 2.28. The van der Waals surface area contributed by atoms with Gasteiger partial charge in [-0.05, 0) is 29.2 Å². The second kappa shape index (κ2) is 9.76. The molecule has 1 unspecified atom stereocenters. The second-order valence-corrected chi connectivity index (χ2v) is 7.94. The van der Waals surface area contributed by atoms with E-state index >= 15 is 0 Å². The number of aliphatic hydroxyl groups is 1. The number of nitrogens with zero attached hydrogens (tertiary/aromatic N) is 1. The summed E-state index contributed by atoms with van der Waals surface area (Å²) in [4.78, 5) is 14.0. The van der Waals surface area contributed by atoms with E-state index in [1.165, 1.54) is 5.56 Å². The van der Waals surface area contributed by atoms with Crippen molar-refractivity contribution in [1.82, 2.24) is 10.6 Å². The van der Waals surface area contributed by atoms with Gasteiger partial charge in [0.1, 0.15) is 12.4 Å². The van der Waals surface area contributed by atoms with Crippen molar-refractivity contribution in [2.45, 2.75) is 45.5 Å². The number of amides is 1. The summed E-state index contributed by atoms with van der Waals surface area (Å²) in [5.41, 5.74) is 4.41. The van der Waals surface area contributed by atoms with Gasteiger partial charge in [0, 0.05) is 31.4 Å². The van der Waals surface area contributed by atoms with Crippen LogP contribution in [-0.4, -0.2) is 43.3 Å². The van der Waals surface area contributed by atoms with Gasteiger partial charge in [0.15, 0.2) is 0 Å². The highest BCUT2D eigenvalue weighted by Gasteiger charge is 2.21. The molecule has 3 N–H and O–H groups in total. The summed E-state index contributed by atoms with van der Waals surface area (Å²) in [5, 5.41) is 15.8. The molecule has 1 atom stereocenters. The van der Waals surface area contributed by atoms with Crippen LogP contribution in [0.15, 0.2) is 42.5 Å². The maximum atomic E-state index is 12.0. The molecule has 29 heavy (non-hydrogen) atoms. The third-order valence-electron chi connectivity index (χ3n) is 5.04. The Balaban J connectivity index is 1.66. The van der Waals surface area contributed by atoms with Crippen LogP contribution >= 0.6 is 0 Å². The predicted octanol–water partition coefficient (Wildman–Crippen LogP) is 2.23. The lowest BCUT2D eigenvalue weighted by molar-refractivity contribution is -0.120. The van der Waals surface area contributed by atoms with Gasteiger partial charge in [-0.3, -0.25) is 4.79 Å². The zero-order chi connectivity index (χ0) is 20.8. The zero-order valence-corrected chi connectivity index (χ0v) is 17.4. The molecule has 1 heterocycles. The van der Waals surface area contributed by atoms with Crippen molar-refractivity contribution >= 4 is 11.6 Å². The molecule has 0 saturated carbocycles. The van der Waals surface area contributed by atoms with Crippen LogP contribution in [0.5, 0.6) is 5.75 Å². The van der Waals surface area contributed by atoms with Crippen LogP contribution in [0.3, 0.4) is 0 Å². The number of fused-ring (bicyclic) bond motifs is 1. The molecular weight excluding hydrogens is 366 g/mol. The molecule has 0 radical (unpaired) electrons. The number of hydrogen-bond donors (Lipinski definition) is 3. The van der Waals surface area contributed by atoms with Crippen molar-refractivity contribution in [1.29, 1.82) is 0 Å². The average molecular weight is 398 g/mol. The maximum Gasteiger partial charge on any atom is 0.239 e. The normalized spacial score (nSPS) is 16.8. The predicted molar refractivity (Wildman–Crippen MR) is 115 cm³/mol. The standard InChI is InChI=1S/C23H31N3O3/c1-16(2)24-12-17-4-6-18(7-5-17)15-29-21-9-8-19-10-20(14-27)25-23(28)13-26(3)22(19)11-21/h4-9,11,16,20,24,27H,10,12-15H2,1-3H3,(H,25,28). The number of likely N-dealkylation sites (N-methyl/N-ethyl adjacent to an activating group) is 1. The quantitative estimate of drug-likeness (QED) is 0.668. The van der Waals surface area contributed by atoms with E-state index in [-0.39, 0.29) is 25.1 Å². The molecule has 0 bridgehead atoms. The Labute approximate surface area is 172 Å². The summed E-state index contributed by atoms with van der Waals surface area (Å²) in [6, 6.07) is 14.6. The fraction of sp³-hybridized carbons (Fsp3) is 0.435. The minimum Gasteiger partial charge on any atom is -0.489 e. The molecule has 156 valence electrons. The molecule has 0 fully saturated rings. The summed E-state index contributed by atoms with van der Waals surface area (Å²) < 4.78 is 6.00. The Morgan fingerprint density at radius 3 is 2.62 bits per heavy atom. The number of benzene rings is 2. The number of rotatable bonds is 7. The number of aliphatic hydroxyl groups excluding tert-OH is 1. The Kier molecular flexibility index (Phi) is 7.12. The molecule has 2 aromatic rings. The Hall–Kier alpha value is -2.57. The molecule has 1 aliphatic heterocycles. The van der Waals surface area contributed by atoms with Gasteiger partial charge in [-0.15, -0.1) is 0 Å². The summed E-state index contributed by atoms with van der Waals surface area (Å²) in [6.07, 6.45) is 0.591. The lowest BCUT2D eigenvalue weighted by Crippen LogP contribution is -2.46. The maximum absolute atomic E-state index is 12.0. The Morgan fingerprint density at radius 1 is 1.21 bits per heavy atom. The molecular formula is C23H31N3O3. The van der Waals surface area contributed by atoms with Crippen molar-refractivity contribution in [2.75, 3.05) is 25.1 Å². The van der Waals surface area contributed by atoms with Crippen molar-refractivity contribution in [2.24, 2.45) is 0 Å². The van der Waals surface area contributed by atoms with Gasteiger partial charge in [-0.2, -0.15) is 0 Å². The smallest absolute Gasteiger partial charge is 0.239 e. The summed E-state index contributed by atoms with van der Waals surface area (Å²) in [6.45, 7) is 5.80. The number of nitrogens with one attached hydrogen (secondary N) is 2. The SMILES string of the molecule is CC(C)NCc1ccc(COc2ccc3c(c2)N(C)CC(=O)NC(CO)C3)cc1. The zero-order valence-electron chi connectivity index (χ0n) is 17.4. The van der Waals surface area contributed by atoms with E-state index < -0.39 is 0 Å². The van der Waals surface area contributed by atoms with Crippen molar-refractivity contribution < 1.29 is 14.6 Å². The summed E-state index contributed by atoms with van der Waals surface area (Å²) in [7, 11) is 1.89. The van der Waals surface area contributed by atoms with E-state index in [1.807, 2.05) is 30.1 Å². The molecule has 0 aliphatic carbocycles. The topological polar surface area (TPSA) is 73.8 Å². The number of ether oxygens (including phenoxy) is 1. The van der Waals surface area contributed by atoms with Crippen molar-refractivity contribution in [3.8, 4) is 5.75 Å². The average Bonchev–Trinajstić information content (AvgIpc) is 2.70. The van der Waals surface area contributed by atoms with E-state index in [4.69, 9.17) is 4.74 Å². The molecule has 0 spiro atoms. The number of carbonyl (C=O) groups excluding carboxylic acids is 1. The van der Waals surface area contributed by atoms with Crippen LogP contribution in [0, 0.1) is 0 Å². The van der Waals surface area contributed by atoms with E-state index in [0.29, 0.717) is 19.1 Å². The first-order valence-electron chi connectivity index (χ1n) is 10.1. The second-order valence-electron chi connectivity index (χ2n) is 7.94. The lowest BCUT2D eigenvalue weighted by Gasteiger charge is -2.28. The van der Waals surface area contributed by atoms with Gasteiger partial charge >= 0.3 is 0 Å². The highest BCUT2D eigenvalue weighted by molar-refractivity contribution is 5.82. The van der Waals surface area contributed by atoms with Crippen LogP contribution in [0.25, 0.3) is 0 Å². The first kappa shape index (κ1) is 21.1. The fourth-order valence-corrected chi connectivity index (χ4v) is 3.40. The lowest BCUT2D eigenvalue weighted by atomic mass is 10.0. The first-order valence-corrected chi connectivity index (χ1v) is 10.1. The number of hydrogen-bond acceptors (Lipinski definition) is 5. The van der Waals surface area contributed by atoms with Crippen LogP contribution in [0.2, 0.25) is 0 Å². The fourth-order valence-electron chi connectivity index (χ4n) is 3.40. The van der Waals surface area contributed by atoms with Gasteiger partial charge in [-0.25, -0.2) is 0 Å². The van der Waals surface area contributed by atoms with Crippen LogP contribution in [0.4, 0.5) is 5.69 Å².